The first-order valence-electron chi connectivity index (χ1n) is 5.50. The summed E-state index contributed by atoms with van der Waals surface area (Å²) in [6.45, 7) is 6.77. The summed E-state index contributed by atoms with van der Waals surface area (Å²) in [5, 5.41) is 5.87. The Hall–Kier alpha value is -0.620. The molecule has 100 valence electrons. The molecule has 0 radical (unpaired) electrons. The quantitative estimate of drug-likeness (QED) is 0.433. The number of alkyl halides is 1. The molecule has 0 aromatic heterocycles. The molecule has 17 heavy (non-hydrogen) atoms. The SMILES string of the molecule is COC(=O)C(Br)CNCCC(=O)NC(C)(C)C. The van der Waals surface area contributed by atoms with Crippen LogP contribution in [-0.2, 0) is 14.3 Å². The van der Waals surface area contributed by atoms with Gasteiger partial charge in [-0.3, -0.25) is 9.59 Å². The van der Waals surface area contributed by atoms with Crippen LogP contribution in [0.5, 0.6) is 0 Å². The largest absolute Gasteiger partial charge is 0.468 e. The second-order valence-electron chi connectivity index (χ2n) is 4.74. The summed E-state index contributed by atoms with van der Waals surface area (Å²) in [5.74, 6) is -0.328. The summed E-state index contributed by atoms with van der Waals surface area (Å²) < 4.78 is 4.55. The number of carbonyl (C=O) groups excluding carboxylic acids is 2. The zero-order valence-electron chi connectivity index (χ0n) is 10.8. The Kier molecular flexibility index (Phi) is 7.38. The van der Waals surface area contributed by atoms with Crippen molar-refractivity contribution in [1.29, 1.82) is 0 Å². The lowest BCUT2D eigenvalue weighted by molar-refractivity contribution is -0.139. The van der Waals surface area contributed by atoms with Crippen LogP contribution in [0.2, 0.25) is 0 Å². The molecular formula is C11H21BrN2O3. The Labute approximate surface area is 111 Å². The summed E-state index contributed by atoms with van der Waals surface area (Å²) in [6, 6.07) is 0. The first kappa shape index (κ1) is 16.4. The lowest BCUT2D eigenvalue weighted by atomic mass is 10.1. The fraction of sp³-hybridized carbons (Fsp3) is 0.818. The number of carbonyl (C=O) groups is 2. The Morgan fingerprint density at radius 1 is 1.35 bits per heavy atom. The van der Waals surface area contributed by atoms with Crippen molar-refractivity contribution in [3.05, 3.63) is 0 Å². The minimum atomic E-state index is -0.377. The number of methoxy groups -OCH3 is 1. The maximum atomic E-state index is 11.4. The van der Waals surface area contributed by atoms with E-state index in [0.29, 0.717) is 19.5 Å². The molecule has 0 aromatic carbocycles. The Morgan fingerprint density at radius 2 is 1.94 bits per heavy atom. The molecule has 0 aliphatic rings. The van der Waals surface area contributed by atoms with Crippen molar-refractivity contribution in [2.24, 2.45) is 0 Å². The van der Waals surface area contributed by atoms with Crippen LogP contribution >= 0.6 is 15.9 Å². The standard InChI is InChI=1S/C11H21BrN2O3/c1-11(2,3)14-9(15)5-6-13-7-8(12)10(16)17-4/h8,13H,5-7H2,1-4H3,(H,14,15). The fourth-order valence-corrected chi connectivity index (χ4v) is 1.54. The van der Waals surface area contributed by atoms with Crippen LogP contribution in [-0.4, -0.2) is 42.4 Å². The van der Waals surface area contributed by atoms with E-state index in [9.17, 15) is 9.59 Å². The van der Waals surface area contributed by atoms with E-state index in [-0.39, 0.29) is 22.2 Å². The minimum absolute atomic E-state index is 0.00538. The van der Waals surface area contributed by atoms with Gasteiger partial charge in [0.1, 0.15) is 4.83 Å². The van der Waals surface area contributed by atoms with Crippen LogP contribution < -0.4 is 10.6 Å². The fourth-order valence-electron chi connectivity index (χ4n) is 1.12. The highest BCUT2D eigenvalue weighted by Crippen LogP contribution is 2.00. The highest BCUT2D eigenvalue weighted by molar-refractivity contribution is 9.10. The monoisotopic (exact) mass is 308 g/mol. The van der Waals surface area contributed by atoms with E-state index in [1.54, 1.807) is 0 Å². The maximum Gasteiger partial charge on any atom is 0.320 e. The topological polar surface area (TPSA) is 67.4 Å². The molecule has 1 amide bonds. The molecule has 1 unspecified atom stereocenters. The van der Waals surface area contributed by atoms with Crippen LogP contribution in [0.15, 0.2) is 0 Å². The van der Waals surface area contributed by atoms with Crippen molar-refractivity contribution >= 4 is 27.8 Å². The van der Waals surface area contributed by atoms with Gasteiger partial charge in [-0.15, -0.1) is 0 Å². The van der Waals surface area contributed by atoms with Crippen molar-refractivity contribution in [3.63, 3.8) is 0 Å². The van der Waals surface area contributed by atoms with Gasteiger partial charge in [-0.25, -0.2) is 0 Å². The molecule has 0 spiro atoms. The van der Waals surface area contributed by atoms with Gasteiger partial charge in [-0.1, -0.05) is 15.9 Å². The third-order valence-corrected chi connectivity index (χ3v) is 2.52. The van der Waals surface area contributed by atoms with Crippen molar-refractivity contribution in [2.75, 3.05) is 20.2 Å². The number of rotatable bonds is 6. The Morgan fingerprint density at radius 3 is 2.41 bits per heavy atom. The van der Waals surface area contributed by atoms with E-state index in [2.05, 4.69) is 31.3 Å². The predicted molar refractivity (Wildman–Crippen MR) is 70.1 cm³/mol. The molecule has 0 aliphatic carbocycles. The normalized spacial score (nSPS) is 13.0. The van der Waals surface area contributed by atoms with Gasteiger partial charge in [-0.05, 0) is 20.8 Å². The summed E-state index contributed by atoms with van der Waals surface area (Å²) >= 11 is 3.18. The average Bonchev–Trinajstić information content (AvgIpc) is 2.20. The Bertz CT molecular complexity index is 264. The lowest BCUT2D eigenvalue weighted by Gasteiger charge is -2.20. The number of amides is 1. The third kappa shape index (κ3) is 9.12. The van der Waals surface area contributed by atoms with Crippen molar-refractivity contribution in [1.82, 2.24) is 10.6 Å². The molecule has 2 N–H and O–H groups in total. The molecule has 6 heteroatoms. The van der Waals surface area contributed by atoms with E-state index in [4.69, 9.17) is 0 Å². The van der Waals surface area contributed by atoms with Gasteiger partial charge in [0.25, 0.3) is 0 Å². The summed E-state index contributed by atoms with van der Waals surface area (Å²) in [5.41, 5.74) is -0.207. The molecule has 0 aromatic rings. The smallest absolute Gasteiger partial charge is 0.320 e. The van der Waals surface area contributed by atoms with Crippen LogP contribution in [0.4, 0.5) is 0 Å². The molecule has 0 saturated heterocycles. The van der Waals surface area contributed by atoms with Gasteiger partial charge in [-0.2, -0.15) is 0 Å². The Balaban J connectivity index is 3.65. The van der Waals surface area contributed by atoms with E-state index >= 15 is 0 Å². The highest BCUT2D eigenvalue weighted by Gasteiger charge is 2.15. The second-order valence-corrected chi connectivity index (χ2v) is 5.85. The van der Waals surface area contributed by atoms with Crippen molar-refractivity contribution in [3.8, 4) is 0 Å². The molecule has 0 heterocycles. The molecule has 0 bridgehead atoms. The number of hydrogen-bond donors (Lipinski definition) is 2. The third-order valence-electron chi connectivity index (χ3n) is 1.82. The van der Waals surface area contributed by atoms with Crippen LogP contribution in [0.25, 0.3) is 0 Å². The maximum absolute atomic E-state index is 11.4. The highest BCUT2D eigenvalue weighted by atomic mass is 79.9. The molecule has 0 rings (SSSR count). The van der Waals surface area contributed by atoms with Crippen molar-refractivity contribution < 1.29 is 14.3 Å². The van der Waals surface area contributed by atoms with Gasteiger partial charge in [0, 0.05) is 25.0 Å². The van der Waals surface area contributed by atoms with Gasteiger partial charge in [0.15, 0.2) is 0 Å². The van der Waals surface area contributed by atoms with E-state index in [1.165, 1.54) is 7.11 Å². The van der Waals surface area contributed by atoms with Crippen LogP contribution in [0.1, 0.15) is 27.2 Å². The molecule has 0 fully saturated rings. The number of ether oxygens (including phenoxy) is 1. The van der Waals surface area contributed by atoms with E-state index in [1.807, 2.05) is 20.8 Å². The van der Waals surface area contributed by atoms with Crippen LogP contribution in [0.3, 0.4) is 0 Å². The van der Waals surface area contributed by atoms with Gasteiger partial charge in [0.05, 0.1) is 7.11 Å². The van der Waals surface area contributed by atoms with Gasteiger partial charge in [0.2, 0.25) is 5.91 Å². The number of nitrogens with one attached hydrogen (secondary N) is 2. The lowest BCUT2D eigenvalue weighted by Crippen LogP contribution is -2.42. The average molecular weight is 309 g/mol. The first-order chi connectivity index (χ1) is 7.76. The van der Waals surface area contributed by atoms with Gasteiger partial charge >= 0.3 is 5.97 Å². The molecule has 0 saturated carbocycles. The summed E-state index contributed by atoms with van der Waals surface area (Å²) in [6.07, 6.45) is 0.387. The van der Waals surface area contributed by atoms with Crippen LogP contribution in [0, 0.1) is 0 Å². The number of hydrogen-bond acceptors (Lipinski definition) is 4. The molecular weight excluding hydrogens is 288 g/mol. The zero-order valence-corrected chi connectivity index (χ0v) is 12.4. The molecule has 5 nitrogen and oxygen atoms in total. The molecule has 1 atom stereocenters. The minimum Gasteiger partial charge on any atom is -0.468 e. The van der Waals surface area contributed by atoms with E-state index in [0.717, 1.165) is 0 Å². The molecule has 0 aliphatic heterocycles. The summed E-state index contributed by atoms with van der Waals surface area (Å²) in [7, 11) is 1.34. The predicted octanol–water partition coefficient (Wildman–Crippen LogP) is 0.817. The number of esters is 1. The second kappa shape index (κ2) is 7.66. The van der Waals surface area contributed by atoms with Crippen molar-refractivity contribution in [2.45, 2.75) is 37.6 Å². The van der Waals surface area contributed by atoms with Gasteiger partial charge < -0.3 is 15.4 Å². The summed E-state index contributed by atoms with van der Waals surface area (Å²) in [4.78, 5) is 22.1. The first-order valence-corrected chi connectivity index (χ1v) is 6.41. The number of halogens is 1. The zero-order chi connectivity index (χ0) is 13.5. The van der Waals surface area contributed by atoms with E-state index < -0.39 is 0 Å².